The molecule has 3 rings (SSSR count). The van der Waals surface area contributed by atoms with Crippen molar-refractivity contribution in [2.75, 3.05) is 13.2 Å². The lowest BCUT2D eigenvalue weighted by atomic mass is 10.1. The average molecular weight is 365 g/mol. The molecule has 0 spiro atoms. The number of amides is 1. The number of nitrogens with one attached hydrogen (secondary N) is 1. The summed E-state index contributed by atoms with van der Waals surface area (Å²) in [6.07, 6.45) is 1.59. The van der Waals surface area contributed by atoms with Gasteiger partial charge >= 0.3 is 0 Å². The van der Waals surface area contributed by atoms with Gasteiger partial charge in [-0.1, -0.05) is 35.9 Å². The summed E-state index contributed by atoms with van der Waals surface area (Å²) < 4.78 is 11.2. The van der Waals surface area contributed by atoms with Gasteiger partial charge in [0.1, 0.15) is 5.75 Å². The van der Waals surface area contributed by atoms with Gasteiger partial charge in [0.15, 0.2) is 0 Å². The van der Waals surface area contributed by atoms with E-state index in [1.165, 1.54) is 0 Å². The van der Waals surface area contributed by atoms with Crippen LogP contribution in [0.5, 0.6) is 5.75 Å². The maximum absolute atomic E-state index is 11.9. The summed E-state index contributed by atoms with van der Waals surface area (Å²) in [4.78, 5) is 11.9. The summed E-state index contributed by atoms with van der Waals surface area (Å²) in [5.41, 5.74) is 2.03. The number of benzene rings is 2. The van der Waals surface area contributed by atoms with Crippen LogP contribution < -0.4 is 10.1 Å². The predicted octanol–water partition coefficient (Wildman–Crippen LogP) is 3.56. The quantitative estimate of drug-likeness (QED) is 0.587. The third kappa shape index (κ3) is 5.95. The molecule has 0 aliphatic rings. The summed E-state index contributed by atoms with van der Waals surface area (Å²) in [5, 5.41) is 11.0. The minimum atomic E-state index is -0.00918. The maximum Gasteiger partial charge on any atom is 0.247 e. The number of aromatic nitrogens is 2. The normalized spacial score (nSPS) is 10.6. The van der Waals surface area contributed by atoms with E-state index in [0.29, 0.717) is 44.2 Å². The molecule has 0 saturated carbocycles. The molecule has 140 valence electrons. The molecule has 1 heterocycles. The predicted molar refractivity (Wildman–Crippen MR) is 102 cm³/mol. The molecule has 1 aromatic heterocycles. The van der Waals surface area contributed by atoms with Crippen LogP contribution in [0.15, 0.2) is 59.0 Å². The lowest BCUT2D eigenvalue weighted by molar-refractivity contribution is -0.121. The van der Waals surface area contributed by atoms with Crippen LogP contribution >= 0.6 is 0 Å². The Morgan fingerprint density at radius 1 is 1.11 bits per heavy atom. The third-order valence-electron chi connectivity index (χ3n) is 3.95. The first kappa shape index (κ1) is 18.6. The zero-order chi connectivity index (χ0) is 18.9. The first-order valence-corrected chi connectivity index (χ1v) is 9.05. The van der Waals surface area contributed by atoms with Gasteiger partial charge in [0.05, 0.1) is 6.61 Å². The molecule has 0 radical (unpaired) electrons. The van der Waals surface area contributed by atoms with Gasteiger partial charge in [-0.15, -0.1) is 10.2 Å². The third-order valence-corrected chi connectivity index (χ3v) is 3.95. The molecule has 3 aromatic rings. The number of rotatable bonds is 9. The van der Waals surface area contributed by atoms with Crippen molar-refractivity contribution in [1.29, 1.82) is 0 Å². The summed E-state index contributed by atoms with van der Waals surface area (Å²) in [7, 11) is 0. The van der Waals surface area contributed by atoms with Crippen LogP contribution in [0.3, 0.4) is 0 Å². The standard InChI is InChI=1S/C21H23N3O3/c1-16-7-5-8-17(15-16)21-24-23-20(27-21)12-13-22-19(25)11-6-14-26-18-9-3-2-4-10-18/h2-5,7-10,15H,6,11-14H2,1H3,(H,22,25). The van der Waals surface area contributed by atoms with Crippen molar-refractivity contribution in [1.82, 2.24) is 15.5 Å². The summed E-state index contributed by atoms with van der Waals surface area (Å²) >= 11 is 0. The molecule has 2 aromatic carbocycles. The summed E-state index contributed by atoms with van der Waals surface area (Å²) in [6, 6.07) is 17.5. The Balaban J connectivity index is 1.34. The Morgan fingerprint density at radius 3 is 2.78 bits per heavy atom. The van der Waals surface area contributed by atoms with Crippen molar-refractivity contribution >= 4 is 5.91 Å². The smallest absolute Gasteiger partial charge is 0.247 e. The highest BCUT2D eigenvalue weighted by atomic mass is 16.5. The number of aryl methyl sites for hydroxylation is 1. The Morgan fingerprint density at radius 2 is 1.96 bits per heavy atom. The molecule has 6 nitrogen and oxygen atoms in total. The van der Waals surface area contributed by atoms with E-state index in [4.69, 9.17) is 9.15 Å². The van der Waals surface area contributed by atoms with Gasteiger partial charge in [0.25, 0.3) is 0 Å². The van der Waals surface area contributed by atoms with Gasteiger partial charge in [0.2, 0.25) is 17.7 Å². The molecule has 0 atom stereocenters. The van der Waals surface area contributed by atoms with Crippen LogP contribution in [0, 0.1) is 6.92 Å². The van der Waals surface area contributed by atoms with Crippen LogP contribution in [-0.4, -0.2) is 29.3 Å². The van der Waals surface area contributed by atoms with Gasteiger partial charge in [-0.05, 0) is 37.6 Å². The lowest BCUT2D eigenvalue weighted by Crippen LogP contribution is -2.25. The largest absolute Gasteiger partial charge is 0.494 e. The van der Waals surface area contributed by atoms with Gasteiger partial charge in [-0.2, -0.15) is 0 Å². The lowest BCUT2D eigenvalue weighted by Gasteiger charge is -2.06. The monoisotopic (exact) mass is 365 g/mol. The number of carbonyl (C=O) groups is 1. The Hall–Kier alpha value is -3.15. The molecule has 27 heavy (non-hydrogen) atoms. The molecule has 0 saturated heterocycles. The van der Waals surface area contributed by atoms with E-state index < -0.39 is 0 Å². The van der Waals surface area contributed by atoms with Crippen LogP contribution in [0.1, 0.15) is 24.3 Å². The summed E-state index contributed by atoms with van der Waals surface area (Å²) in [5.74, 6) is 1.82. The van der Waals surface area contributed by atoms with Crippen LogP contribution in [0.2, 0.25) is 0 Å². The number of nitrogens with zero attached hydrogens (tertiary/aromatic N) is 2. The van der Waals surface area contributed by atoms with E-state index in [-0.39, 0.29) is 5.91 Å². The molecule has 0 aliphatic heterocycles. The highest BCUT2D eigenvalue weighted by Crippen LogP contribution is 2.18. The number of carbonyl (C=O) groups excluding carboxylic acids is 1. The molecular weight excluding hydrogens is 342 g/mol. The Kier molecular flexibility index (Phi) is 6.57. The van der Waals surface area contributed by atoms with Gasteiger partial charge in [-0.3, -0.25) is 4.79 Å². The van der Waals surface area contributed by atoms with Crippen molar-refractivity contribution in [3.63, 3.8) is 0 Å². The highest BCUT2D eigenvalue weighted by Gasteiger charge is 2.09. The van der Waals surface area contributed by atoms with Crippen LogP contribution in [0.25, 0.3) is 11.5 Å². The number of ether oxygens (including phenoxy) is 1. The fraction of sp³-hybridized carbons (Fsp3) is 0.286. The second kappa shape index (κ2) is 9.52. The highest BCUT2D eigenvalue weighted by molar-refractivity contribution is 5.75. The molecule has 0 fully saturated rings. The van der Waals surface area contributed by atoms with E-state index in [0.717, 1.165) is 16.9 Å². The minimum absolute atomic E-state index is 0.00918. The minimum Gasteiger partial charge on any atom is -0.494 e. The van der Waals surface area contributed by atoms with Crippen LogP contribution in [0.4, 0.5) is 0 Å². The molecule has 1 amide bonds. The van der Waals surface area contributed by atoms with Gasteiger partial charge in [-0.25, -0.2) is 0 Å². The van der Waals surface area contributed by atoms with Crippen molar-refractivity contribution in [3.8, 4) is 17.2 Å². The van der Waals surface area contributed by atoms with E-state index in [1.807, 2.05) is 61.5 Å². The van der Waals surface area contributed by atoms with E-state index in [1.54, 1.807) is 0 Å². The first-order valence-electron chi connectivity index (χ1n) is 9.05. The number of para-hydroxylation sites is 1. The van der Waals surface area contributed by atoms with E-state index >= 15 is 0 Å². The first-order chi connectivity index (χ1) is 13.2. The van der Waals surface area contributed by atoms with Crippen molar-refractivity contribution in [2.24, 2.45) is 0 Å². The molecule has 0 unspecified atom stereocenters. The maximum atomic E-state index is 11.9. The zero-order valence-corrected chi connectivity index (χ0v) is 15.4. The molecule has 1 N–H and O–H groups in total. The van der Waals surface area contributed by atoms with Crippen molar-refractivity contribution < 1.29 is 13.9 Å². The van der Waals surface area contributed by atoms with Crippen molar-refractivity contribution in [2.45, 2.75) is 26.2 Å². The fourth-order valence-electron chi connectivity index (χ4n) is 2.59. The van der Waals surface area contributed by atoms with E-state index in [2.05, 4.69) is 15.5 Å². The Labute approximate surface area is 158 Å². The molecule has 0 aliphatic carbocycles. The number of hydrogen-bond acceptors (Lipinski definition) is 5. The SMILES string of the molecule is Cc1cccc(-c2nnc(CCNC(=O)CCCOc3ccccc3)o2)c1. The average Bonchev–Trinajstić information content (AvgIpc) is 3.15. The summed E-state index contributed by atoms with van der Waals surface area (Å²) in [6.45, 7) is 3.00. The second-order valence-electron chi connectivity index (χ2n) is 6.24. The molecule has 6 heteroatoms. The number of hydrogen-bond donors (Lipinski definition) is 1. The second-order valence-corrected chi connectivity index (χ2v) is 6.24. The fourth-order valence-corrected chi connectivity index (χ4v) is 2.59. The molecule has 0 bridgehead atoms. The van der Waals surface area contributed by atoms with Crippen LogP contribution in [-0.2, 0) is 11.2 Å². The zero-order valence-electron chi connectivity index (χ0n) is 15.4. The molecular formula is C21H23N3O3. The van der Waals surface area contributed by atoms with Gasteiger partial charge < -0.3 is 14.5 Å². The van der Waals surface area contributed by atoms with Crippen molar-refractivity contribution in [3.05, 3.63) is 66.1 Å². The Bertz CT molecular complexity index is 862. The van der Waals surface area contributed by atoms with Gasteiger partial charge in [0, 0.05) is 24.9 Å². The topological polar surface area (TPSA) is 77.2 Å². The van der Waals surface area contributed by atoms with E-state index in [9.17, 15) is 4.79 Å².